The number of hydrogen-bond acceptors (Lipinski definition) is 4. The van der Waals surface area contributed by atoms with Crippen LogP contribution < -0.4 is 10.1 Å². The van der Waals surface area contributed by atoms with E-state index in [-0.39, 0.29) is 17.9 Å². The summed E-state index contributed by atoms with van der Waals surface area (Å²) < 4.78 is 12.7. The van der Waals surface area contributed by atoms with Gasteiger partial charge in [0.05, 0.1) is 37.6 Å². The number of nitrogens with zero attached hydrogens (tertiary/aromatic N) is 2. The van der Waals surface area contributed by atoms with Crippen LogP contribution in [0.5, 0.6) is 5.75 Å². The van der Waals surface area contributed by atoms with Crippen LogP contribution in [0.25, 0.3) is 10.8 Å². The van der Waals surface area contributed by atoms with Crippen molar-refractivity contribution < 1.29 is 14.3 Å². The third-order valence-corrected chi connectivity index (χ3v) is 5.28. The summed E-state index contributed by atoms with van der Waals surface area (Å²) in [5.41, 5.74) is 1.68. The number of amides is 1. The SMILES string of the molecule is COc1ccc2cc([C@H](C)C(=O)Nc3cnn(C[C@H]4CCCO4)c3)ccc2c1. The number of aromatic nitrogens is 2. The van der Waals surface area contributed by atoms with Gasteiger partial charge in [0, 0.05) is 12.8 Å². The van der Waals surface area contributed by atoms with E-state index in [2.05, 4.69) is 16.5 Å². The maximum atomic E-state index is 12.7. The molecule has 0 saturated carbocycles. The molecule has 1 N–H and O–H groups in total. The topological polar surface area (TPSA) is 65.4 Å². The third kappa shape index (κ3) is 4.02. The van der Waals surface area contributed by atoms with Gasteiger partial charge in [0.2, 0.25) is 5.91 Å². The molecular formula is C22H25N3O3. The lowest BCUT2D eigenvalue weighted by atomic mass is 9.97. The zero-order chi connectivity index (χ0) is 19.5. The largest absolute Gasteiger partial charge is 0.497 e. The molecule has 6 heteroatoms. The Morgan fingerprint density at radius 2 is 2.14 bits per heavy atom. The van der Waals surface area contributed by atoms with Crippen LogP contribution >= 0.6 is 0 Å². The van der Waals surface area contributed by atoms with E-state index in [0.29, 0.717) is 5.69 Å². The maximum Gasteiger partial charge on any atom is 0.231 e. The van der Waals surface area contributed by atoms with E-state index in [4.69, 9.17) is 9.47 Å². The molecule has 1 amide bonds. The number of carbonyl (C=O) groups excluding carboxylic acids is 1. The predicted molar refractivity (Wildman–Crippen MR) is 109 cm³/mol. The first-order chi connectivity index (χ1) is 13.6. The van der Waals surface area contributed by atoms with E-state index >= 15 is 0 Å². The Morgan fingerprint density at radius 3 is 2.93 bits per heavy atom. The number of anilines is 1. The Morgan fingerprint density at radius 1 is 1.32 bits per heavy atom. The summed E-state index contributed by atoms with van der Waals surface area (Å²) >= 11 is 0. The average molecular weight is 379 g/mol. The molecular weight excluding hydrogens is 354 g/mol. The lowest BCUT2D eigenvalue weighted by molar-refractivity contribution is -0.117. The number of rotatable bonds is 6. The van der Waals surface area contributed by atoms with Crippen molar-refractivity contribution in [1.29, 1.82) is 0 Å². The van der Waals surface area contributed by atoms with Crippen LogP contribution in [0, 0.1) is 0 Å². The first kappa shape index (κ1) is 18.5. The molecule has 2 atom stereocenters. The summed E-state index contributed by atoms with van der Waals surface area (Å²) in [7, 11) is 1.66. The Kier molecular flexibility index (Phi) is 5.30. The van der Waals surface area contributed by atoms with E-state index in [0.717, 1.165) is 48.1 Å². The molecule has 146 valence electrons. The van der Waals surface area contributed by atoms with Crippen molar-refractivity contribution in [1.82, 2.24) is 9.78 Å². The number of nitrogens with one attached hydrogen (secondary N) is 1. The van der Waals surface area contributed by atoms with Crippen molar-refractivity contribution in [2.24, 2.45) is 0 Å². The van der Waals surface area contributed by atoms with Crippen LogP contribution in [-0.2, 0) is 16.1 Å². The Balaban J connectivity index is 1.43. The lowest BCUT2D eigenvalue weighted by Gasteiger charge is -2.13. The second kappa shape index (κ2) is 8.02. The first-order valence-electron chi connectivity index (χ1n) is 9.65. The van der Waals surface area contributed by atoms with Gasteiger partial charge in [-0.2, -0.15) is 5.10 Å². The van der Waals surface area contributed by atoms with Gasteiger partial charge in [-0.3, -0.25) is 9.48 Å². The van der Waals surface area contributed by atoms with E-state index in [1.54, 1.807) is 13.3 Å². The highest BCUT2D eigenvalue weighted by molar-refractivity contribution is 5.96. The van der Waals surface area contributed by atoms with Crippen molar-refractivity contribution in [3.8, 4) is 5.75 Å². The highest BCUT2D eigenvalue weighted by atomic mass is 16.5. The van der Waals surface area contributed by atoms with Gasteiger partial charge in [0.15, 0.2) is 0 Å². The number of hydrogen-bond donors (Lipinski definition) is 1. The molecule has 6 nitrogen and oxygen atoms in total. The first-order valence-corrected chi connectivity index (χ1v) is 9.65. The monoisotopic (exact) mass is 379 g/mol. The number of benzene rings is 2. The fraction of sp³-hybridized carbons (Fsp3) is 0.364. The van der Waals surface area contributed by atoms with Crippen LogP contribution in [0.2, 0.25) is 0 Å². The molecule has 1 saturated heterocycles. The molecule has 0 aliphatic carbocycles. The number of fused-ring (bicyclic) bond motifs is 1. The zero-order valence-electron chi connectivity index (χ0n) is 16.2. The van der Waals surface area contributed by atoms with Gasteiger partial charge in [-0.05, 0) is 48.2 Å². The molecule has 28 heavy (non-hydrogen) atoms. The van der Waals surface area contributed by atoms with Gasteiger partial charge in [-0.15, -0.1) is 0 Å². The fourth-order valence-electron chi connectivity index (χ4n) is 3.57. The van der Waals surface area contributed by atoms with Crippen molar-refractivity contribution in [2.75, 3.05) is 19.0 Å². The molecule has 2 heterocycles. The van der Waals surface area contributed by atoms with Gasteiger partial charge in [0.1, 0.15) is 5.75 Å². The molecule has 0 spiro atoms. The Hall–Kier alpha value is -2.86. The van der Waals surface area contributed by atoms with E-state index in [1.165, 1.54) is 0 Å². The maximum absolute atomic E-state index is 12.7. The Labute approximate surface area is 164 Å². The molecule has 1 fully saturated rings. The highest BCUT2D eigenvalue weighted by Crippen LogP contribution is 2.26. The quantitative estimate of drug-likeness (QED) is 0.704. The van der Waals surface area contributed by atoms with Gasteiger partial charge < -0.3 is 14.8 Å². The summed E-state index contributed by atoms with van der Waals surface area (Å²) in [5.74, 6) is 0.503. The minimum absolute atomic E-state index is 0.0514. The number of methoxy groups -OCH3 is 1. The van der Waals surface area contributed by atoms with Crippen molar-refractivity contribution >= 4 is 22.4 Å². The van der Waals surface area contributed by atoms with E-state index in [1.807, 2.05) is 48.1 Å². The number of ether oxygens (including phenoxy) is 2. The fourth-order valence-corrected chi connectivity index (χ4v) is 3.57. The summed E-state index contributed by atoms with van der Waals surface area (Å²) in [5, 5.41) is 9.48. The molecule has 0 radical (unpaired) electrons. The normalized spacial score (nSPS) is 17.6. The molecule has 3 aromatic rings. The van der Waals surface area contributed by atoms with Gasteiger partial charge in [-0.1, -0.05) is 24.3 Å². The average Bonchev–Trinajstić information content (AvgIpc) is 3.39. The lowest BCUT2D eigenvalue weighted by Crippen LogP contribution is -2.18. The predicted octanol–water partition coefficient (Wildman–Crippen LogP) is 3.97. The summed E-state index contributed by atoms with van der Waals surface area (Å²) in [6, 6.07) is 12.0. The molecule has 1 aliphatic heterocycles. The standard InChI is InChI=1S/C22H25N3O3/c1-15(16-5-6-18-11-20(27-2)8-7-17(18)10-16)22(26)24-19-12-23-25(13-19)14-21-4-3-9-28-21/h5-8,10-13,15,21H,3-4,9,14H2,1-2H3,(H,24,26)/t15-,21+/m0/s1. The molecule has 0 bridgehead atoms. The second-order valence-corrected chi connectivity index (χ2v) is 7.27. The van der Waals surface area contributed by atoms with Crippen molar-refractivity contribution in [3.63, 3.8) is 0 Å². The zero-order valence-corrected chi connectivity index (χ0v) is 16.2. The molecule has 1 aliphatic rings. The summed E-state index contributed by atoms with van der Waals surface area (Å²) in [6.45, 7) is 3.46. The van der Waals surface area contributed by atoms with Gasteiger partial charge in [-0.25, -0.2) is 0 Å². The summed E-state index contributed by atoms with van der Waals surface area (Å²) in [4.78, 5) is 12.7. The minimum Gasteiger partial charge on any atom is -0.497 e. The Bertz CT molecular complexity index is 976. The van der Waals surface area contributed by atoms with Crippen LogP contribution in [0.15, 0.2) is 48.8 Å². The van der Waals surface area contributed by atoms with E-state index < -0.39 is 0 Å². The minimum atomic E-state index is -0.270. The second-order valence-electron chi connectivity index (χ2n) is 7.27. The smallest absolute Gasteiger partial charge is 0.231 e. The number of carbonyl (C=O) groups is 1. The molecule has 0 unspecified atom stereocenters. The van der Waals surface area contributed by atoms with Gasteiger partial charge >= 0.3 is 0 Å². The van der Waals surface area contributed by atoms with Crippen LogP contribution in [0.1, 0.15) is 31.2 Å². The van der Waals surface area contributed by atoms with Crippen LogP contribution in [0.4, 0.5) is 5.69 Å². The molecule has 1 aromatic heterocycles. The van der Waals surface area contributed by atoms with Crippen molar-refractivity contribution in [3.05, 3.63) is 54.4 Å². The molecule has 2 aromatic carbocycles. The third-order valence-electron chi connectivity index (χ3n) is 5.28. The molecule has 4 rings (SSSR count). The van der Waals surface area contributed by atoms with Crippen LogP contribution in [0.3, 0.4) is 0 Å². The summed E-state index contributed by atoms with van der Waals surface area (Å²) in [6.07, 6.45) is 5.93. The van der Waals surface area contributed by atoms with E-state index in [9.17, 15) is 4.79 Å². The van der Waals surface area contributed by atoms with Crippen LogP contribution in [-0.4, -0.2) is 35.5 Å². The highest BCUT2D eigenvalue weighted by Gasteiger charge is 2.18. The van der Waals surface area contributed by atoms with Crippen molar-refractivity contribution in [2.45, 2.75) is 38.3 Å². The van der Waals surface area contributed by atoms with Gasteiger partial charge in [0.25, 0.3) is 0 Å².